The predicted molar refractivity (Wildman–Crippen MR) is 88.2 cm³/mol. The average molecular weight is 330 g/mol. The van der Waals surface area contributed by atoms with Gasteiger partial charge in [-0.05, 0) is 12.5 Å². The second-order valence-corrected chi connectivity index (χ2v) is 7.18. The molecule has 0 bridgehead atoms. The van der Waals surface area contributed by atoms with E-state index in [1.807, 2.05) is 31.2 Å². The molecule has 6 nitrogen and oxygen atoms in total. The number of rotatable bonds is 4. The standard InChI is InChI=1S/C18H22N2O4/c1-10-5-7-11(8-6-10)12(9-13(21)18(2,3)4)14-15(22)19-17(24)20-16(14)23/h5-8,12,14H,9H2,1-4H3,(H2,19,20,22,23,24)/t12-/m1/s1. The van der Waals surface area contributed by atoms with E-state index in [1.165, 1.54) is 0 Å². The Morgan fingerprint density at radius 3 is 2.00 bits per heavy atom. The number of urea groups is 1. The molecule has 0 aromatic heterocycles. The normalized spacial score (nSPS) is 17.2. The number of barbiturate groups is 1. The van der Waals surface area contributed by atoms with E-state index in [2.05, 4.69) is 10.6 Å². The van der Waals surface area contributed by atoms with Gasteiger partial charge in [0, 0.05) is 17.8 Å². The van der Waals surface area contributed by atoms with Gasteiger partial charge in [-0.15, -0.1) is 0 Å². The third-order valence-electron chi connectivity index (χ3n) is 4.19. The number of ketones is 1. The van der Waals surface area contributed by atoms with Crippen LogP contribution in [0, 0.1) is 18.3 Å². The van der Waals surface area contributed by atoms with Crippen molar-refractivity contribution < 1.29 is 19.2 Å². The molecule has 1 aromatic rings. The molecule has 1 heterocycles. The van der Waals surface area contributed by atoms with Crippen molar-refractivity contribution in [2.24, 2.45) is 11.3 Å². The second kappa shape index (κ2) is 6.55. The topological polar surface area (TPSA) is 92.3 Å². The molecule has 2 rings (SSSR count). The second-order valence-electron chi connectivity index (χ2n) is 7.18. The zero-order valence-corrected chi connectivity index (χ0v) is 14.3. The lowest BCUT2D eigenvalue weighted by Gasteiger charge is -2.30. The molecule has 24 heavy (non-hydrogen) atoms. The van der Waals surface area contributed by atoms with Crippen LogP contribution in [-0.4, -0.2) is 23.6 Å². The number of imide groups is 2. The Hall–Kier alpha value is -2.50. The molecule has 1 atom stereocenters. The summed E-state index contributed by atoms with van der Waals surface area (Å²) >= 11 is 0. The van der Waals surface area contributed by atoms with E-state index in [0.717, 1.165) is 11.1 Å². The predicted octanol–water partition coefficient (Wildman–Crippen LogP) is 2.07. The van der Waals surface area contributed by atoms with Gasteiger partial charge in [0.15, 0.2) is 0 Å². The first kappa shape index (κ1) is 17.8. The maximum absolute atomic E-state index is 12.5. The van der Waals surface area contributed by atoms with Crippen molar-refractivity contribution in [3.8, 4) is 0 Å². The van der Waals surface area contributed by atoms with Crippen molar-refractivity contribution in [1.82, 2.24) is 10.6 Å². The van der Waals surface area contributed by atoms with E-state index in [4.69, 9.17) is 0 Å². The molecule has 6 heteroatoms. The van der Waals surface area contributed by atoms with E-state index in [1.54, 1.807) is 20.8 Å². The maximum atomic E-state index is 12.5. The van der Waals surface area contributed by atoms with Crippen LogP contribution in [0.25, 0.3) is 0 Å². The van der Waals surface area contributed by atoms with Gasteiger partial charge in [0.25, 0.3) is 0 Å². The molecule has 0 spiro atoms. The Bertz CT molecular complexity index is 666. The van der Waals surface area contributed by atoms with Crippen LogP contribution in [0.2, 0.25) is 0 Å². The molecular weight excluding hydrogens is 308 g/mol. The van der Waals surface area contributed by atoms with Gasteiger partial charge in [-0.3, -0.25) is 25.0 Å². The molecule has 2 N–H and O–H groups in total. The van der Waals surface area contributed by atoms with E-state index in [-0.39, 0.29) is 12.2 Å². The van der Waals surface area contributed by atoms with Gasteiger partial charge in [0.1, 0.15) is 11.7 Å². The Labute approximate surface area is 141 Å². The quantitative estimate of drug-likeness (QED) is 0.827. The zero-order chi connectivity index (χ0) is 18.1. The third kappa shape index (κ3) is 3.88. The summed E-state index contributed by atoms with van der Waals surface area (Å²) in [6.45, 7) is 7.32. The minimum Gasteiger partial charge on any atom is -0.299 e. The molecule has 1 aromatic carbocycles. The summed E-state index contributed by atoms with van der Waals surface area (Å²) in [5.41, 5.74) is 1.18. The lowest BCUT2D eigenvalue weighted by Crippen LogP contribution is -2.57. The van der Waals surface area contributed by atoms with Crippen molar-refractivity contribution in [2.45, 2.75) is 40.0 Å². The van der Waals surface area contributed by atoms with Crippen molar-refractivity contribution in [3.63, 3.8) is 0 Å². The Kier molecular flexibility index (Phi) is 4.87. The number of aryl methyl sites for hydroxylation is 1. The van der Waals surface area contributed by atoms with Gasteiger partial charge >= 0.3 is 6.03 Å². The summed E-state index contributed by atoms with van der Waals surface area (Å²) in [5, 5.41) is 4.22. The van der Waals surface area contributed by atoms with E-state index in [9.17, 15) is 19.2 Å². The van der Waals surface area contributed by atoms with Crippen LogP contribution in [0.5, 0.6) is 0 Å². The van der Waals surface area contributed by atoms with E-state index >= 15 is 0 Å². The molecule has 0 saturated carbocycles. The third-order valence-corrected chi connectivity index (χ3v) is 4.19. The van der Waals surface area contributed by atoms with Crippen LogP contribution in [0.15, 0.2) is 24.3 Å². The lowest BCUT2D eigenvalue weighted by atomic mass is 9.76. The molecule has 128 valence electrons. The maximum Gasteiger partial charge on any atom is 0.328 e. The highest BCUT2D eigenvalue weighted by Gasteiger charge is 2.42. The molecule has 0 radical (unpaired) electrons. The summed E-state index contributed by atoms with van der Waals surface area (Å²) in [7, 11) is 0. The minimum atomic E-state index is -1.11. The van der Waals surface area contributed by atoms with Gasteiger partial charge in [0.2, 0.25) is 11.8 Å². The van der Waals surface area contributed by atoms with Crippen molar-refractivity contribution in [1.29, 1.82) is 0 Å². The monoisotopic (exact) mass is 330 g/mol. The van der Waals surface area contributed by atoms with Crippen LogP contribution < -0.4 is 10.6 Å². The van der Waals surface area contributed by atoms with Gasteiger partial charge in [-0.1, -0.05) is 50.6 Å². The minimum absolute atomic E-state index is 0.0479. The number of amides is 4. The van der Waals surface area contributed by atoms with Gasteiger partial charge in [0.05, 0.1) is 0 Å². The highest BCUT2D eigenvalue weighted by Crippen LogP contribution is 2.33. The number of benzene rings is 1. The SMILES string of the molecule is Cc1ccc([C@@H](CC(=O)C(C)(C)C)C2C(=O)NC(=O)NC2=O)cc1. The molecule has 4 amide bonds. The summed E-state index contributed by atoms with van der Waals surface area (Å²) in [6, 6.07) is 6.53. The zero-order valence-electron chi connectivity index (χ0n) is 14.3. The number of hydrogen-bond donors (Lipinski definition) is 2. The average Bonchev–Trinajstić information content (AvgIpc) is 2.45. The van der Waals surface area contributed by atoms with Gasteiger partial charge in [-0.25, -0.2) is 4.79 Å². The molecule has 0 unspecified atom stereocenters. The smallest absolute Gasteiger partial charge is 0.299 e. The molecule has 0 aliphatic carbocycles. The van der Waals surface area contributed by atoms with E-state index in [0.29, 0.717) is 0 Å². The Morgan fingerprint density at radius 1 is 1.04 bits per heavy atom. The summed E-state index contributed by atoms with van der Waals surface area (Å²) in [4.78, 5) is 48.2. The fourth-order valence-corrected chi connectivity index (χ4v) is 2.64. The molecule has 1 aliphatic heterocycles. The molecular formula is C18H22N2O4. The number of nitrogens with one attached hydrogen (secondary N) is 2. The van der Waals surface area contributed by atoms with Gasteiger partial charge < -0.3 is 0 Å². The van der Waals surface area contributed by atoms with Crippen molar-refractivity contribution in [2.75, 3.05) is 0 Å². The van der Waals surface area contributed by atoms with Crippen molar-refractivity contribution in [3.05, 3.63) is 35.4 Å². The van der Waals surface area contributed by atoms with Crippen molar-refractivity contribution >= 4 is 23.6 Å². The first-order valence-corrected chi connectivity index (χ1v) is 7.85. The number of carbonyl (C=O) groups is 4. The number of carbonyl (C=O) groups excluding carboxylic acids is 4. The van der Waals surface area contributed by atoms with E-state index < -0.39 is 35.1 Å². The van der Waals surface area contributed by atoms with Crippen LogP contribution in [0.3, 0.4) is 0 Å². The van der Waals surface area contributed by atoms with Crippen LogP contribution >= 0.6 is 0 Å². The molecule has 1 saturated heterocycles. The summed E-state index contributed by atoms with van der Waals surface area (Å²) < 4.78 is 0. The highest BCUT2D eigenvalue weighted by atomic mass is 16.2. The summed E-state index contributed by atoms with van der Waals surface area (Å²) in [5.74, 6) is -3.13. The first-order chi connectivity index (χ1) is 11.1. The fraction of sp³-hybridized carbons (Fsp3) is 0.444. The molecule has 1 aliphatic rings. The largest absolute Gasteiger partial charge is 0.328 e. The van der Waals surface area contributed by atoms with Gasteiger partial charge in [-0.2, -0.15) is 0 Å². The first-order valence-electron chi connectivity index (χ1n) is 7.85. The highest BCUT2D eigenvalue weighted by molar-refractivity contribution is 6.16. The fourth-order valence-electron chi connectivity index (χ4n) is 2.64. The number of Topliss-reactive ketones (excluding diaryl/α,β-unsaturated/α-hetero) is 1. The summed E-state index contributed by atoms with van der Waals surface area (Å²) in [6.07, 6.45) is 0.0479. The van der Waals surface area contributed by atoms with Crippen LogP contribution in [-0.2, 0) is 14.4 Å². The van der Waals surface area contributed by atoms with Crippen LogP contribution in [0.1, 0.15) is 44.2 Å². The Morgan fingerprint density at radius 2 is 1.54 bits per heavy atom. The number of hydrogen-bond acceptors (Lipinski definition) is 4. The van der Waals surface area contributed by atoms with Crippen LogP contribution in [0.4, 0.5) is 4.79 Å². The molecule has 1 fully saturated rings. The lowest BCUT2D eigenvalue weighted by molar-refractivity contribution is -0.137. The Balaban J connectivity index is 2.40.